The highest BCUT2D eigenvalue weighted by Crippen LogP contribution is 2.30. The number of hydrogen-bond donors (Lipinski definition) is 1. The number of carbonyl (C=O) groups is 1. The Balaban J connectivity index is 1.82. The molecule has 0 fully saturated rings. The Labute approximate surface area is 148 Å². The van der Waals surface area contributed by atoms with Crippen molar-refractivity contribution in [3.05, 3.63) is 52.8 Å². The van der Waals surface area contributed by atoms with E-state index in [2.05, 4.69) is 10.3 Å². The number of ether oxygens (including phenoxy) is 2. The minimum atomic E-state index is -0.608. The zero-order valence-electron chi connectivity index (χ0n) is 13.8. The summed E-state index contributed by atoms with van der Waals surface area (Å²) in [5, 5.41) is 3.54. The number of nitrogens with zero attached hydrogens (tertiary/aromatic N) is 1. The lowest BCUT2D eigenvalue weighted by molar-refractivity contribution is 0.102. The van der Waals surface area contributed by atoms with E-state index in [1.165, 1.54) is 23.5 Å². The molecule has 1 N–H and O–H groups in total. The fourth-order valence-electron chi connectivity index (χ4n) is 2.40. The van der Waals surface area contributed by atoms with Gasteiger partial charge in [0.05, 0.1) is 17.2 Å². The Kier molecular flexibility index (Phi) is 5.25. The molecule has 0 aliphatic heterocycles. The van der Waals surface area contributed by atoms with Crippen molar-refractivity contribution < 1.29 is 18.7 Å². The van der Waals surface area contributed by atoms with Crippen LogP contribution in [0.15, 0.2) is 36.5 Å². The second kappa shape index (κ2) is 7.58. The number of amides is 1. The molecule has 5 nitrogen and oxygen atoms in total. The molecule has 0 unspecified atom stereocenters. The van der Waals surface area contributed by atoms with E-state index in [1.54, 1.807) is 19.4 Å². The topological polar surface area (TPSA) is 60.5 Å². The number of rotatable bonds is 6. The van der Waals surface area contributed by atoms with Crippen LogP contribution in [0.2, 0.25) is 0 Å². The molecule has 7 heteroatoms. The minimum absolute atomic E-state index is 0.0737. The standard InChI is InChI=1S/C18H17FN2O3S/c1-11-12-5-4-8-20-18(12)25-16(11)17(22)21-13-6-3-7-14(15(13)19)24-10-9-23-2/h3-8H,9-10H2,1-2H3,(H,21,22). The average Bonchev–Trinajstić information content (AvgIpc) is 2.96. The summed E-state index contributed by atoms with van der Waals surface area (Å²) < 4.78 is 24.7. The molecule has 0 aliphatic rings. The Hall–Kier alpha value is -2.51. The molecule has 3 aromatic rings. The van der Waals surface area contributed by atoms with Crippen LogP contribution in [0.25, 0.3) is 10.2 Å². The summed E-state index contributed by atoms with van der Waals surface area (Å²) in [6.45, 7) is 2.44. The van der Waals surface area contributed by atoms with E-state index >= 15 is 0 Å². The Bertz CT molecular complexity index is 910. The first-order chi connectivity index (χ1) is 12.1. The molecule has 3 rings (SSSR count). The average molecular weight is 360 g/mol. The molecule has 1 aromatic carbocycles. The number of pyridine rings is 1. The number of fused-ring (bicyclic) bond motifs is 1. The van der Waals surface area contributed by atoms with Crippen molar-refractivity contribution in [2.75, 3.05) is 25.6 Å². The first-order valence-electron chi connectivity index (χ1n) is 7.67. The van der Waals surface area contributed by atoms with E-state index < -0.39 is 5.82 Å². The quantitative estimate of drug-likeness (QED) is 0.675. The first kappa shape index (κ1) is 17.3. The smallest absolute Gasteiger partial charge is 0.266 e. The largest absolute Gasteiger partial charge is 0.488 e. The van der Waals surface area contributed by atoms with Crippen LogP contribution in [0.1, 0.15) is 15.2 Å². The normalized spacial score (nSPS) is 10.8. The lowest BCUT2D eigenvalue weighted by Crippen LogP contribution is -2.13. The molecule has 2 heterocycles. The van der Waals surface area contributed by atoms with Crippen molar-refractivity contribution in [1.82, 2.24) is 4.98 Å². The van der Waals surface area contributed by atoms with Crippen LogP contribution >= 0.6 is 11.3 Å². The zero-order chi connectivity index (χ0) is 17.8. The predicted octanol–water partition coefficient (Wildman–Crippen LogP) is 4.02. The highest BCUT2D eigenvalue weighted by atomic mass is 32.1. The van der Waals surface area contributed by atoms with Gasteiger partial charge in [-0.05, 0) is 30.7 Å². The van der Waals surface area contributed by atoms with Gasteiger partial charge in [0.15, 0.2) is 11.6 Å². The van der Waals surface area contributed by atoms with Crippen LogP contribution in [0.5, 0.6) is 5.75 Å². The highest BCUT2D eigenvalue weighted by Gasteiger charge is 2.18. The van der Waals surface area contributed by atoms with Crippen LogP contribution in [0.3, 0.4) is 0 Å². The molecule has 0 saturated carbocycles. The van der Waals surface area contributed by atoms with Crippen LogP contribution in [-0.2, 0) is 4.74 Å². The monoisotopic (exact) mass is 360 g/mol. The zero-order valence-corrected chi connectivity index (χ0v) is 14.7. The van der Waals surface area contributed by atoms with Gasteiger partial charge in [-0.2, -0.15) is 0 Å². The van der Waals surface area contributed by atoms with Crippen molar-refractivity contribution in [2.45, 2.75) is 6.92 Å². The molecule has 2 aromatic heterocycles. The number of methoxy groups -OCH3 is 1. The molecular formula is C18H17FN2O3S. The number of aromatic nitrogens is 1. The van der Waals surface area contributed by atoms with Gasteiger partial charge in [0, 0.05) is 18.7 Å². The molecule has 0 spiro atoms. The van der Waals surface area contributed by atoms with Crippen molar-refractivity contribution in [3.63, 3.8) is 0 Å². The fraction of sp³-hybridized carbons (Fsp3) is 0.222. The van der Waals surface area contributed by atoms with Crippen LogP contribution in [0.4, 0.5) is 10.1 Å². The molecule has 1 amide bonds. The number of anilines is 1. The molecule has 25 heavy (non-hydrogen) atoms. The number of benzene rings is 1. The Morgan fingerprint density at radius 3 is 2.88 bits per heavy atom. The summed E-state index contributed by atoms with van der Waals surface area (Å²) in [6, 6.07) is 8.37. The molecule has 0 saturated heterocycles. The van der Waals surface area contributed by atoms with Crippen molar-refractivity contribution in [1.29, 1.82) is 0 Å². The SMILES string of the molecule is COCCOc1cccc(NC(=O)c2sc3ncccc3c2C)c1F. The van der Waals surface area contributed by atoms with Gasteiger partial charge < -0.3 is 14.8 Å². The van der Waals surface area contributed by atoms with E-state index in [0.29, 0.717) is 11.5 Å². The summed E-state index contributed by atoms with van der Waals surface area (Å²) in [5.74, 6) is -0.901. The maximum atomic E-state index is 14.5. The highest BCUT2D eigenvalue weighted by molar-refractivity contribution is 7.20. The molecular weight excluding hydrogens is 343 g/mol. The Morgan fingerprint density at radius 2 is 2.12 bits per heavy atom. The van der Waals surface area contributed by atoms with Crippen LogP contribution in [-0.4, -0.2) is 31.2 Å². The third-order valence-electron chi connectivity index (χ3n) is 3.68. The third kappa shape index (κ3) is 3.62. The summed E-state index contributed by atoms with van der Waals surface area (Å²) in [5.41, 5.74) is 0.906. The summed E-state index contributed by atoms with van der Waals surface area (Å²) in [4.78, 5) is 18.1. The summed E-state index contributed by atoms with van der Waals surface area (Å²) in [7, 11) is 1.54. The van der Waals surface area contributed by atoms with Crippen molar-refractivity contribution in [3.8, 4) is 5.75 Å². The number of nitrogens with one attached hydrogen (secondary N) is 1. The molecule has 0 atom stereocenters. The molecule has 0 aliphatic carbocycles. The van der Waals surface area contributed by atoms with Gasteiger partial charge >= 0.3 is 0 Å². The molecule has 0 radical (unpaired) electrons. The number of carbonyl (C=O) groups excluding carboxylic acids is 1. The van der Waals surface area contributed by atoms with Crippen LogP contribution < -0.4 is 10.1 Å². The van der Waals surface area contributed by atoms with E-state index in [9.17, 15) is 9.18 Å². The van der Waals surface area contributed by atoms with Gasteiger partial charge in [-0.1, -0.05) is 12.1 Å². The maximum absolute atomic E-state index is 14.5. The number of aryl methyl sites for hydroxylation is 1. The number of halogens is 1. The van der Waals surface area contributed by atoms with E-state index in [-0.39, 0.29) is 24.0 Å². The second-order valence-corrected chi connectivity index (χ2v) is 6.32. The van der Waals surface area contributed by atoms with Gasteiger partial charge in [0.1, 0.15) is 11.4 Å². The van der Waals surface area contributed by atoms with E-state index in [4.69, 9.17) is 9.47 Å². The lowest BCUT2D eigenvalue weighted by Gasteiger charge is -2.10. The lowest BCUT2D eigenvalue weighted by atomic mass is 10.2. The van der Waals surface area contributed by atoms with E-state index in [0.717, 1.165) is 15.8 Å². The second-order valence-electron chi connectivity index (χ2n) is 5.33. The van der Waals surface area contributed by atoms with Crippen molar-refractivity contribution in [2.24, 2.45) is 0 Å². The number of thiophene rings is 1. The maximum Gasteiger partial charge on any atom is 0.266 e. The van der Waals surface area contributed by atoms with Gasteiger partial charge in [-0.3, -0.25) is 4.79 Å². The third-order valence-corrected chi connectivity index (χ3v) is 4.89. The van der Waals surface area contributed by atoms with Crippen molar-refractivity contribution >= 4 is 33.1 Å². The molecule has 0 bridgehead atoms. The summed E-state index contributed by atoms with van der Waals surface area (Å²) in [6.07, 6.45) is 1.68. The summed E-state index contributed by atoms with van der Waals surface area (Å²) >= 11 is 1.28. The number of hydrogen-bond acceptors (Lipinski definition) is 5. The Morgan fingerprint density at radius 1 is 1.28 bits per heavy atom. The van der Waals surface area contributed by atoms with E-state index in [1.807, 2.05) is 19.1 Å². The minimum Gasteiger partial charge on any atom is -0.488 e. The molecule has 130 valence electrons. The van der Waals surface area contributed by atoms with Gasteiger partial charge in [-0.15, -0.1) is 11.3 Å². The van der Waals surface area contributed by atoms with Gasteiger partial charge in [0.25, 0.3) is 5.91 Å². The van der Waals surface area contributed by atoms with Gasteiger partial charge in [-0.25, -0.2) is 9.37 Å². The first-order valence-corrected chi connectivity index (χ1v) is 8.49. The fourth-order valence-corrected chi connectivity index (χ4v) is 3.45. The van der Waals surface area contributed by atoms with Crippen LogP contribution in [0, 0.1) is 12.7 Å². The predicted molar refractivity (Wildman–Crippen MR) is 96.1 cm³/mol. The van der Waals surface area contributed by atoms with Gasteiger partial charge in [0.2, 0.25) is 0 Å².